The van der Waals surface area contributed by atoms with E-state index in [4.69, 9.17) is 0 Å². The molecule has 1 aromatic heterocycles. The van der Waals surface area contributed by atoms with E-state index in [1.165, 1.54) is 0 Å². The van der Waals surface area contributed by atoms with Crippen molar-refractivity contribution >= 4 is 16.6 Å². The Labute approximate surface area is 142 Å². The highest BCUT2D eigenvalue weighted by atomic mass is 16.5. The summed E-state index contributed by atoms with van der Waals surface area (Å²) in [7, 11) is 0. The first-order valence-electron chi connectivity index (χ1n) is 8.77. The average molecular weight is 321 g/mol. The number of hydrogen-bond acceptors (Lipinski definition) is 2. The van der Waals surface area contributed by atoms with E-state index in [0.29, 0.717) is 5.69 Å². The maximum Gasteiger partial charge on any atom is 0.212 e. The van der Waals surface area contributed by atoms with E-state index in [-0.39, 0.29) is 5.92 Å². The molecule has 2 aromatic rings. The number of benzene rings is 1. The van der Waals surface area contributed by atoms with Crippen molar-refractivity contribution in [2.24, 2.45) is 5.92 Å². The monoisotopic (exact) mass is 321 g/mol. The Morgan fingerprint density at radius 3 is 2.67 bits per heavy atom. The molecule has 0 radical (unpaired) electrons. The van der Waals surface area contributed by atoms with Gasteiger partial charge in [-0.05, 0) is 50.3 Å². The van der Waals surface area contributed by atoms with Gasteiger partial charge in [-0.3, -0.25) is 0 Å². The van der Waals surface area contributed by atoms with E-state index >= 15 is 0 Å². The van der Waals surface area contributed by atoms with E-state index in [2.05, 4.69) is 24.3 Å². The number of aromatic nitrogens is 1. The van der Waals surface area contributed by atoms with Gasteiger partial charge >= 0.3 is 0 Å². The molecule has 0 spiro atoms. The Balaban J connectivity index is 1.91. The van der Waals surface area contributed by atoms with Crippen LogP contribution < -0.4 is 0 Å². The smallest absolute Gasteiger partial charge is 0.212 e. The van der Waals surface area contributed by atoms with Crippen LogP contribution in [0.2, 0.25) is 0 Å². The largest absolute Gasteiger partial charge is 0.360 e. The van der Waals surface area contributed by atoms with Gasteiger partial charge in [-0.1, -0.05) is 42.5 Å². The first-order valence-corrected chi connectivity index (χ1v) is 8.77. The Kier molecular flexibility index (Phi) is 3.91. The highest BCUT2D eigenvalue weighted by Crippen LogP contribution is 2.38. The van der Waals surface area contributed by atoms with Gasteiger partial charge in [0.25, 0.3) is 0 Å². The van der Waals surface area contributed by atoms with Gasteiger partial charge in [-0.2, -0.15) is 0 Å². The van der Waals surface area contributed by atoms with E-state index in [9.17, 15) is 10.2 Å². The fourth-order valence-corrected chi connectivity index (χ4v) is 3.81. The second-order valence-corrected chi connectivity index (χ2v) is 6.72. The number of para-hydroxylation sites is 1. The highest BCUT2D eigenvalue weighted by molar-refractivity contribution is 5.86. The minimum Gasteiger partial charge on any atom is -0.360 e. The Morgan fingerprint density at radius 2 is 1.92 bits per heavy atom. The van der Waals surface area contributed by atoms with Crippen LogP contribution in [0, 0.1) is 5.92 Å². The second-order valence-electron chi connectivity index (χ2n) is 6.72. The summed E-state index contributed by atoms with van der Waals surface area (Å²) in [5, 5.41) is 23.1. The van der Waals surface area contributed by atoms with Gasteiger partial charge in [-0.15, -0.1) is 0 Å². The minimum atomic E-state index is -1.87. The summed E-state index contributed by atoms with van der Waals surface area (Å²) in [5.74, 6) is -2.15. The predicted octanol–water partition coefficient (Wildman–Crippen LogP) is 4.33. The summed E-state index contributed by atoms with van der Waals surface area (Å²) in [6.07, 6.45) is 15.2. The SMILES string of the molecule is OC(O)(c1cc2ccccc2n1C1=CCCC=C1)C1C=CCCC1. The Morgan fingerprint density at radius 1 is 1.04 bits per heavy atom. The van der Waals surface area contributed by atoms with Crippen molar-refractivity contribution in [3.63, 3.8) is 0 Å². The molecule has 2 N–H and O–H groups in total. The fourth-order valence-electron chi connectivity index (χ4n) is 3.81. The molecule has 0 saturated carbocycles. The topological polar surface area (TPSA) is 45.4 Å². The lowest BCUT2D eigenvalue weighted by atomic mass is 9.86. The Bertz CT molecular complexity index is 839. The molecule has 1 aromatic carbocycles. The van der Waals surface area contributed by atoms with Crippen LogP contribution in [-0.2, 0) is 5.79 Å². The van der Waals surface area contributed by atoms with Crippen LogP contribution in [0.5, 0.6) is 0 Å². The average Bonchev–Trinajstić information content (AvgIpc) is 3.03. The van der Waals surface area contributed by atoms with Crippen molar-refractivity contribution in [1.29, 1.82) is 0 Å². The third-order valence-electron chi connectivity index (χ3n) is 5.09. The van der Waals surface area contributed by atoms with Crippen LogP contribution in [0.25, 0.3) is 16.6 Å². The van der Waals surface area contributed by atoms with Crippen LogP contribution >= 0.6 is 0 Å². The van der Waals surface area contributed by atoms with Crippen LogP contribution in [0.4, 0.5) is 0 Å². The minimum absolute atomic E-state index is 0.275. The molecule has 0 saturated heterocycles. The molecule has 3 heteroatoms. The second kappa shape index (κ2) is 6.08. The molecule has 24 heavy (non-hydrogen) atoms. The number of fused-ring (bicyclic) bond motifs is 1. The van der Waals surface area contributed by atoms with Crippen molar-refractivity contribution in [3.8, 4) is 0 Å². The lowest BCUT2D eigenvalue weighted by Gasteiger charge is -2.32. The van der Waals surface area contributed by atoms with Crippen LogP contribution in [-0.4, -0.2) is 14.8 Å². The van der Waals surface area contributed by atoms with E-state index in [1.54, 1.807) is 0 Å². The molecule has 3 nitrogen and oxygen atoms in total. The maximum atomic E-state index is 11.1. The molecule has 4 rings (SSSR count). The predicted molar refractivity (Wildman–Crippen MR) is 97.2 cm³/mol. The maximum absolute atomic E-state index is 11.1. The summed E-state index contributed by atoms with van der Waals surface area (Å²) in [4.78, 5) is 0. The number of nitrogens with zero attached hydrogens (tertiary/aromatic N) is 1. The number of aliphatic hydroxyl groups is 2. The third-order valence-corrected chi connectivity index (χ3v) is 5.09. The molecule has 1 unspecified atom stereocenters. The standard InChI is InChI=1S/C21H23NO2/c23-21(24,17-10-3-1-4-11-17)20-15-16-9-7-8-14-19(16)22(20)18-12-5-2-6-13-18/h3,5,7-10,12-15,17,23-24H,1-2,4,6,11H2. The zero-order valence-corrected chi connectivity index (χ0v) is 13.7. The van der Waals surface area contributed by atoms with Gasteiger partial charge in [0.2, 0.25) is 5.79 Å². The molecule has 0 aliphatic heterocycles. The van der Waals surface area contributed by atoms with Gasteiger partial charge in [-0.25, -0.2) is 0 Å². The number of allylic oxidation sites excluding steroid dienone is 5. The first-order chi connectivity index (χ1) is 11.7. The highest BCUT2D eigenvalue weighted by Gasteiger charge is 2.38. The summed E-state index contributed by atoms with van der Waals surface area (Å²) in [6.45, 7) is 0. The quantitative estimate of drug-likeness (QED) is 0.653. The van der Waals surface area contributed by atoms with E-state index < -0.39 is 5.79 Å². The van der Waals surface area contributed by atoms with Crippen molar-refractivity contribution in [2.45, 2.75) is 37.9 Å². The van der Waals surface area contributed by atoms with Crippen molar-refractivity contribution in [1.82, 2.24) is 4.57 Å². The molecule has 0 fully saturated rings. The molecule has 1 atom stereocenters. The third kappa shape index (κ3) is 2.54. The van der Waals surface area contributed by atoms with Gasteiger partial charge in [0.15, 0.2) is 0 Å². The molecule has 2 aliphatic carbocycles. The van der Waals surface area contributed by atoms with Crippen molar-refractivity contribution in [2.75, 3.05) is 0 Å². The zero-order valence-electron chi connectivity index (χ0n) is 13.7. The van der Waals surface area contributed by atoms with E-state index in [1.807, 2.05) is 41.0 Å². The zero-order chi connectivity index (χ0) is 16.6. The fraction of sp³-hybridized carbons (Fsp3) is 0.333. The normalized spacial score (nSPS) is 21.2. The molecular weight excluding hydrogens is 298 g/mol. The van der Waals surface area contributed by atoms with Crippen LogP contribution in [0.3, 0.4) is 0 Å². The lowest BCUT2D eigenvalue weighted by molar-refractivity contribution is -0.204. The molecule has 0 amide bonds. The summed E-state index contributed by atoms with van der Waals surface area (Å²) in [5.41, 5.74) is 2.58. The Hall–Kier alpha value is -2.10. The van der Waals surface area contributed by atoms with Gasteiger partial charge in [0.1, 0.15) is 0 Å². The van der Waals surface area contributed by atoms with Crippen molar-refractivity contribution < 1.29 is 10.2 Å². The molecule has 2 aliphatic rings. The first kappa shape index (κ1) is 15.4. The summed E-state index contributed by atoms with van der Waals surface area (Å²) >= 11 is 0. The van der Waals surface area contributed by atoms with E-state index in [0.717, 1.165) is 48.7 Å². The number of rotatable bonds is 3. The summed E-state index contributed by atoms with van der Waals surface area (Å²) < 4.78 is 2.01. The summed E-state index contributed by atoms with van der Waals surface area (Å²) in [6, 6.07) is 9.95. The molecule has 1 heterocycles. The van der Waals surface area contributed by atoms with Crippen molar-refractivity contribution in [3.05, 3.63) is 66.4 Å². The van der Waals surface area contributed by atoms with Crippen LogP contribution in [0.1, 0.15) is 37.8 Å². The molecular formula is C21H23NO2. The van der Waals surface area contributed by atoms with Gasteiger partial charge < -0.3 is 14.8 Å². The van der Waals surface area contributed by atoms with Gasteiger partial charge in [0.05, 0.1) is 11.2 Å². The molecule has 124 valence electrons. The number of hydrogen-bond donors (Lipinski definition) is 2. The van der Waals surface area contributed by atoms with Gasteiger partial charge in [0, 0.05) is 17.0 Å². The lowest BCUT2D eigenvalue weighted by Crippen LogP contribution is -2.36. The van der Waals surface area contributed by atoms with Crippen LogP contribution in [0.15, 0.2) is 60.7 Å². The molecule has 0 bridgehead atoms.